The van der Waals surface area contributed by atoms with Gasteiger partial charge < -0.3 is 5.73 Å². The average Bonchev–Trinajstić information content (AvgIpc) is 2.93. The number of rotatable bonds is 2. The van der Waals surface area contributed by atoms with E-state index in [1.807, 2.05) is 6.07 Å². The maximum absolute atomic E-state index is 14.1. The summed E-state index contributed by atoms with van der Waals surface area (Å²) in [4.78, 5) is 0. The van der Waals surface area contributed by atoms with E-state index in [0.717, 1.165) is 17.7 Å². The molecular weight excluding hydrogens is 253 g/mol. The number of nitrogens with one attached hydrogen (secondary N) is 1. The number of hydrogen-bond donors (Lipinski definition) is 2. The molecule has 1 aliphatic carbocycles. The summed E-state index contributed by atoms with van der Waals surface area (Å²) in [6.45, 7) is 4.51. The lowest BCUT2D eigenvalue weighted by Gasteiger charge is -2.27. The van der Waals surface area contributed by atoms with Crippen LogP contribution >= 0.6 is 0 Å². The molecule has 1 aliphatic rings. The van der Waals surface area contributed by atoms with Crippen LogP contribution in [0.1, 0.15) is 44.7 Å². The van der Waals surface area contributed by atoms with Crippen molar-refractivity contribution in [3.8, 4) is 11.1 Å². The van der Waals surface area contributed by atoms with E-state index in [1.54, 1.807) is 12.1 Å². The first-order valence-electron chi connectivity index (χ1n) is 7.09. The van der Waals surface area contributed by atoms with Crippen molar-refractivity contribution in [2.24, 2.45) is 5.41 Å². The number of aromatic nitrogens is 2. The van der Waals surface area contributed by atoms with Crippen molar-refractivity contribution in [1.82, 2.24) is 10.2 Å². The van der Waals surface area contributed by atoms with Gasteiger partial charge in [-0.2, -0.15) is 5.10 Å². The highest BCUT2D eigenvalue weighted by Gasteiger charge is 2.38. The van der Waals surface area contributed by atoms with Gasteiger partial charge in [0.1, 0.15) is 5.82 Å². The number of aromatic amines is 1. The van der Waals surface area contributed by atoms with Gasteiger partial charge in [0.05, 0.1) is 0 Å². The summed E-state index contributed by atoms with van der Waals surface area (Å²) in [5.74, 6) is 0.479. The molecule has 2 aromatic rings. The number of nitrogens with zero attached hydrogens (tertiary/aromatic N) is 1. The zero-order valence-corrected chi connectivity index (χ0v) is 11.9. The molecule has 0 radical (unpaired) electrons. The van der Waals surface area contributed by atoms with E-state index in [0.29, 0.717) is 17.3 Å². The second kappa shape index (κ2) is 4.62. The maximum atomic E-state index is 14.1. The highest BCUT2D eigenvalue weighted by molar-refractivity contribution is 5.77. The van der Waals surface area contributed by atoms with Crippen LogP contribution in [0, 0.1) is 11.2 Å². The van der Waals surface area contributed by atoms with Gasteiger partial charge in [0.2, 0.25) is 0 Å². The molecule has 1 heterocycles. The molecule has 1 aromatic heterocycles. The third kappa shape index (κ3) is 1.99. The highest BCUT2D eigenvalue weighted by Crippen LogP contribution is 2.51. The Hall–Kier alpha value is -1.84. The highest BCUT2D eigenvalue weighted by atomic mass is 19.1. The quantitative estimate of drug-likeness (QED) is 0.865. The molecule has 20 heavy (non-hydrogen) atoms. The molecule has 3 N–H and O–H groups in total. The van der Waals surface area contributed by atoms with E-state index >= 15 is 0 Å². The molecule has 106 valence electrons. The molecule has 1 atom stereocenters. The molecule has 1 unspecified atom stereocenters. The van der Waals surface area contributed by atoms with Crippen molar-refractivity contribution in [1.29, 1.82) is 0 Å². The second-order valence-corrected chi connectivity index (χ2v) is 6.31. The second-order valence-electron chi connectivity index (χ2n) is 6.31. The van der Waals surface area contributed by atoms with Crippen LogP contribution in [0.3, 0.4) is 0 Å². The smallest absolute Gasteiger partial charge is 0.153 e. The lowest BCUT2D eigenvalue weighted by molar-refractivity contribution is 0.327. The topological polar surface area (TPSA) is 54.7 Å². The molecule has 1 aromatic carbocycles. The van der Waals surface area contributed by atoms with Gasteiger partial charge in [-0.05, 0) is 24.3 Å². The normalized spacial score (nSPS) is 21.2. The predicted molar refractivity (Wildman–Crippen MR) is 78.8 cm³/mol. The van der Waals surface area contributed by atoms with Crippen LogP contribution in [0.15, 0.2) is 24.3 Å². The third-order valence-corrected chi connectivity index (χ3v) is 4.57. The summed E-state index contributed by atoms with van der Waals surface area (Å²) in [6.07, 6.45) is 3.46. The summed E-state index contributed by atoms with van der Waals surface area (Å²) in [5, 5.41) is 7.19. The van der Waals surface area contributed by atoms with Gasteiger partial charge in [-0.3, -0.25) is 5.10 Å². The molecule has 0 amide bonds. The molecule has 3 nitrogen and oxygen atoms in total. The molecule has 0 bridgehead atoms. The lowest BCUT2D eigenvalue weighted by atomic mass is 9.78. The summed E-state index contributed by atoms with van der Waals surface area (Å²) in [5.41, 5.74) is 8.44. The van der Waals surface area contributed by atoms with Gasteiger partial charge in [-0.25, -0.2) is 4.39 Å². The van der Waals surface area contributed by atoms with Crippen LogP contribution in [0.5, 0.6) is 0 Å². The van der Waals surface area contributed by atoms with Gasteiger partial charge in [0.15, 0.2) is 5.82 Å². The lowest BCUT2D eigenvalue weighted by Crippen LogP contribution is -2.16. The Kier molecular flexibility index (Phi) is 3.04. The predicted octanol–water partition coefficient (Wildman–Crippen LogP) is 4.09. The summed E-state index contributed by atoms with van der Waals surface area (Å²) >= 11 is 0. The largest absolute Gasteiger partial charge is 0.382 e. The van der Waals surface area contributed by atoms with E-state index in [4.69, 9.17) is 5.73 Å². The fourth-order valence-electron chi connectivity index (χ4n) is 3.43. The van der Waals surface area contributed by atoms with Gasteiger partial charge in [-0.15, -0.1) is 0 Å². The van der Waals surface area contributed by atoms with Crippen LogP contribution in [0.25, 0.3) is 11.1 Å². The number of benzene rings is 1. The Labute approximate surface area is 118 Å². The minimum atomic E-state index is -0.252. The number of anilines is 1. The molecule has 1 saturated carbocycles. The first-order valence-corrected chi connectivity index (χ1v) is 7.09. The molecule has 0 aliphatic heterocycles. The Bertz CT molecular complexity index is 630. The SMILES string of the molecule is CC1(C)CCCC1c1[nH]nc(N)c1-c1ccccc1F. The summed E-state index contributed by atoms with van der Waals surface area (Å²) < 4.78 is 14.1. The zero-order valence-electron chi connectivity index (χ0n) is 11.9. The number of nitrogens with two attached hydrogens (primary N) is 1. The molecular formula is C16H20FN3. The minimum Gasteiger partial charge on any atom is -0.382 e. The van der Waals surface area contributed by atoms with Gasteiger partial charge in [0.25, 0.3) is 0 Å². The van der Waals surface area contributed by atoms with E-state index in [9.17, 15) is 4.39 Å². The number of nitrogen functional groups attached to an aromatic ring is 1. The Morgan fingerprint density at radius 1 is 1.35 bits per heavy atom. The van der Waals surface area contributed by atoms with Crippen LogP contribution in [-0.2, 0) is 0 Å². The van der Waals surface area contributed by atoms with Crippen molar-refractivity contribution >= 4 is 5.82 Å². The summed E-state index contributed by atoms with van der Waals surface area (Å²) in [7, 11) is 0. The minimum absolute atomic E-state index is 0.193. The van der Waals surface area contributed by atoms with Gasteiger partial charge in [-0.1, -0.05) is 38.5 Å². The Morgan fingerprint density at radius 2 is 2.10 bits per heavy atom. The Balaban J connectivity index is 2.14. The van der Waals surface area contributed by atoms with Crippen LogP contribution in [0.2, 0.25) is 0 Å². The van der Waals surface area contributed by atoms with Crippen molar-refractivity contribution in [2.75, 3.05) is 5.73 Å². The first-order chi connectivity index (χ1) is 9.50. The van der Waals surface area contributed by atoms with E-state index in [2.05, 4.69) is 24.0 Å². The molecule has 0 spiro atoms. The zero-order chi connectivity index (χ0) is 14.3. The van der Waals surface area contributed by atoms with Crippen molar-refractivity contribution < 1.29 is 4.39 Å². The van der Waals surface area contributed by atoms with E-state index < -0.39 is 0 Å². The molecule has 3 rings (SSSR count). The molecule has 1 fully saturated rings. The van der Waals surface area contributed by atoms with E-state index in [1.165, 1.54) is 18.9 Å². The Morgan fingerprint density at radius 3 is 2.75 bits per heavy atom. The van der Waals surface area contributed by atoms with Crippen molar-refractivity contribution in [2.45, 2.75) is 39.0 Å². The fourth-order valence-corrected chi connectivity index (χ4v) is 3.43. The average molecular weight is 273 g/mol. The number of hydrogen-bond acceptors (Lipinski definition) is 2. The summed E-state index contributed by atoms with van der Waals surface area (Å²) in [6, 6.07) is 6.75. The molecule has 0 saturated heterocycles. The number of H-pyrrole nitrogens is 1. The number of halogens is 1. The van der Waals surface area contributed by atoms with Gasteiger partial charge in [0, 0.05) is 22.7 Å². The van der Waals surface area contributed by atoms with Crippen molar-refractivity contribution in [3.63, 3.8) is 0 Å². The maximum Gasteiger partial charge on any atom is 0.153 e. The monoisotopic (exact) mass is 273 g/mol. The molecule has 4 heteroatoms. The van der Waals surface area contributed by atoms with Gasteiger partial charge >= 0.3 is 0 Å². The first kappa shape index (κ1) is 13.2. The van der Waals surface area contributed by atoms with Crippen molar-refractivity contribution in [3.05, 3.63) is 35.8 Å². The fraction of sp³-hybridized carbons (Fsp3) is 0.438. The van der Waals surface area contributed by atoms with Crippen LogP contribution < -0.4 is 5.73 Å². The van der Waals surface area contributed by atoms with Crippen LogP contribution in [0.4, 0.5) is 10.2 Å². The standard InChI is InChI=1S/C16H20FN3/c1-16(2)9-5-7-11(16)14-13(15(18)20-19-14)10-6-3-4-8-12(10)17/h3-4,6,8,11H,5,7,9H2,1-2H3,(H3,18,19,20). The van der Waals surface area contributed by atoms with Crippen LogP contribution in [-0.4, -0.2) is 10.2 Å². The third-order valence-electron chi connectivity index (χ3n) is 4.57. The van der Waals surface area contributed by atoms with E-state index in [-0.39, 0.29) is 11.2 Å².